The van der Waals surface area contributed by atoms with Crippen LogP contribution in [-0.4, -0.2) is 37.0 Å². The lowest BCUT2D eigenvalue weighted by Gasteiger charge is -2.23. The van der Waals surface area contributed by atoms with Gasteiger partial charge >= 0.3 is 0 Å². The first-order valence-electron chi connectivity index (χ1n) is 11.2. The van der Waals surface area contributed by atoms with E-state index in [0.717, 1.165) is 16.9 Å². The number of nitrogens with one attached hydrogen (secondary N) is 1. The summed E-state index contributed by atoms with van der Waals surface area (Å²) in [5, 5.41) is 2.93. The summed E-state index contributed by atoms with van der Waals surface area (Å²) in [6.07, 6.45) is -0.00235. The zero-order valence-corrected chi connectivity index (χ0v) is 19.5. The maximum absolute atomic E-state index is 13.2. The van der Waals surface area contributed by atoms with Gasteiger partial charge in [0.05, 0.1) is 19.8 Å². The second-order valence-electron chi connectivity index (χ2n) is 8.03. The van der Waals surface area contributed by atoms with Gasteiger partial charge in [0.2, 0.25) is 0 Å². The van der Waals surface area contributed by atoms with Gasteiger partial charge in [-0.2, -0.15) is 0 Å². The summed E-state index contributed by atoms with van der Waals surface area (Å²) >= 11 is 0. The molecule has 0 saturated carbocycles. The number of hydrogen-bond donors (Lipinski definition) is 1. The third-order valence-electron chi connectivity index (χ3n) is 5.79. The number of fused-ring (bicyclic) bond motifs is 1. The van der Waals surface area contributed by atoms with Crippen molar-refractivity contribution in [3.05, 3.63) is 83.4 Å². The van der Waals surface area contributed by atoms with Crippen molar-refractivity contribution in [3.63, 3.8) is 0 Å². The summed E-state index contributed by atoms with van der Waals surface area (Å²) in [6, 6.07) is 20.2. The number of para-hydroxylation sites is 1. The standard InChI is InChI=1S/C27H28N2O5/c1-4-23-27(31)29(16-18-9-12-21(32-2)13-10-18)17-19-15-20(11-14-24(19)34-23)28-26(30)22-7-5-6-8-25(22)33-3/h5-15,23H,4,16-17H2,1-3H3,(H,28,30)/t23-/m1/s1. The number of nitrogens with zero attached hydrogens (tertiary/aromatic N) is 1. The van der Waals surface area contributed by atoms with E-state index in [1.54, 1.807) is 42.3 Å². The van der Waals surface area contributed by atoms with E-state index in [2.05, 4.69) is 5.32 Å². The predicted molar refractivity (Wildman–Crippen MR) is 129 cm³/mol. The Morgan fingerprint density at radius 1 is 1.06 bits per heavy atom. The van der Waals surface area contributed by atoms with E-state index in [1.807, 2.05) is 43.3 Å². The first-order valence-corrected chi connectivity index (χ1v) is 11.2. The van der Waals surface area contributed by atoms with Crippen molar-refractivity contribution in [2.24, 2.45) is 0 Å². The lowest BCUT2D eigenvalue weighted by Crippen LogP contribution is -2.38. The van der Waals surface area contributed by atoms with E-state index >= 15 is 0 Å². The number of amides is 2. The molecule has 4 rings (SSSR count). The van der Waals surface area contributed by atoms with Crippen LogP contribution in [0.3, 0.4) is 0 Å². The molecule has 0 saturated heterocycles. The fourth-order valence-electron chi connectivity index (χ4n) is 3.96. The van der Waals surface area contributed by atoms with Crippen LogP contribution in [0.1, 0.15) is 34.8 Å². The zero-order chi connectivity index (χ0) is 24.1. The molecule has 3 aromatic rings. The van der Waals surface area contributed by atoms with Gasteiger partial charge in [-0.05, 0) is 54.4 Å². The Balaban J connectivity index is 1.58. The van der Waals surface area contributed by atoms with E-state index in [4.69, 9.17) is 14.2 Å². The molecule has 176 valence electrons. The van der Waals surface area contributed by atoms with Gasteiger partial charge in [0.25, 0.3) is 11.8 Å². The number of rotatable bonds is 7. The van der Waals surface area contributed by atoms with Crippen LogP contribution >= 0.6 is 0 Å². The quantitative estimate of drug-likeness (QED) is 0.555. The molecule has 2 amide bonds. The number of hydrogen-bond acceptors (Lipinski definition) is 5. The smallest absolute Gasteiger partial charge is 0.264 e. The molecule has 0 spiro atoms. The number of methoxy groups -OCH3 is 2. The molecule has 1 N–H and O–H groups in total. The van der Waals surface area contributed by atoms with Crippen LogP contribution < -0.4 is 19.5 Å². The van der Waals surface area contributed by atoms with Crippen LogP contribution in [0.2, 0.25) is 0 Å². The third kappa shape index (κ3) is 4.98. The van der Waals surface area contributed by atoms with E-state index in [0.29, 0.717) is 42.3 Å². The van der Waals surface area contributed by atoms with Crippen molar-refractivity contribution in [2.75, 3.05) is 19.5 Å². The molecule has 0 aliphatic carbocycles. The number of carbonyl (C=O) groups excluding carboxylic acids is 2. The normalized spacial score (nSPS) is 15.1. The molecule has 34 heavy (non-hydrogen) atoms. The van der Waals surface area contributed by atoms with Gasteiger partial charge in [0.15, 0.2) is 6.10 Å². The van der Waals surface area contributed by atoms with E-state index in [1.165, 1.54) is 7.11 Å². The topological polar surface area (TPSA) is 77.1 Å². The van der Waals surface area contributed by atoms with Gasteiger partial charge < -0.3 is 24.4 Å². The molecule has 0 fully saturated rings. The number of anilines is 1. The van der Waals surface area contributed by atoms with E-state index in [9.17, 15) is 9.59 Å². The zero-order valence-electron chi connectivity index (χ0n) is 19.5. The Morgan fingerprint density at radius 2 is 1.82 bits per heavy atom. The number of carbonyl (C=O) groups is 2. The van der Waals surface area contributed by atoms with Gasteiger partial charge in [-0.1, -0.05) is 31.2 Å². The van der Waals surface area contributed by atoms with Crippen molar-refractivity contribution in [3.8, 4) is 17.2 Å². The van der Waals surface area contributed by atoms with Crippen LogP contribution in [0.5, 0.6) is 17.2 Å². The van der Waals surface area contributed by atoms with Crippen LogP contribution in [0.15, 0.2) is 66.7 Å². The Labute approximate surface area is 199 Å². The molecular weight excluding hydrogens is 432 g/mol. The highest BCUT2D eigenvalue weighted by Gasteiger charge is 2.30. The maximum atomic E-state index is 13.2. The molecule has 1 aliphatic heterocycles. The molecular formula is C27H28N2O5. The van der Waals surface area contributed by atoms with Crippen molar-refractivity contribution < 1.29 is 23.8 Å². The number of ether oxygens (including phenoxy) is 3. The molecule has 1 atom stereocenters. The molecule has 1 aliphatic rings. The second-order valence-corrected chi connectivity index (χ2v) is 8.03. The average molecular weight is 461 g/mol. The molecule has 0 radical (unpaired) electrons. The Kier molecular flexibility index (Phi) is 7.01. The summed E-state index contributed by atoms with van der Waals surface area (Å²) in [5.74, 6) is 1.58. The van der Waals surface area contributed by atoms with E-state index in [-0.39, 0.29) is 11.8 Å². The first kappa shape index (κ1) is 23.2. The second kappa shape index (κ2) is 10.3. The van der Waals surface area contributed by atoms with Crippen LogP contribution in [0.25, 0.3) is 0 Å². The van der Waals surface area contributed by atoms with E-state index < -0.39 is 6.10 Å². The molecule has 0 bridgehead atoms. The van der Waals surface area contributed by atoms with Crippen molar-refractivity contribution in [1.82, 2.24) is 4.90 Å². The highest BCUT2D eigenvalue weighted by molar-refractivity contribution is 6.06. The fourth-order valence-corrected chi connectivity index (χ4v) is 3.96. The summed E-state index contributed by atoms with van der Waals surface area (Å²) in [5.41, 5.74) is 2.88. The minimum absolute atomic E-state index is 0.0610. The summed E-state index contributed by atoms with van der Waals surface area (Å²) in [7, 11) is 3.15. The Hall–Kier alpha value is -4.00. The highest BCUT2D eigenvalue weighted by atomic mass is 16.5. The maximum Gasteiger partial charge on any atom is 0.264 e. The largest absolute Gasteiger partial charge is 0.497 e. The molecule has 7 heteroatoms. The molecule has 1 heterocycles. The molecule has 3 aromatic carbocycles. The lowest BCUT2D eigenvalue weighted by molar-refractivity contribution is -0.139. The first-order chi connectivity index (χ1) is 16.5. The monoisotopic (exact) mass is 460 g/mol. The van der Waals surface area contributed by atoms with Crippen LogP contribution in [0.4, 0.5) is 5.69 Å². The highest BCUT2D eigenvalue weighted by Crippen LogP contribution is 2.31. The van der Waals surface area contributed by atoms with Crippen LogP contribution in [0, 0.1) is 0 Å². The fraction of sp³-hybridized carbons (Fsp3) is 0.259. The van der Waals surface area contributed by atoms with Crippen molar-refractivity contribution in [1.29, 1.82) is 0 Å². The summed E-state index contributed by atoms with van der Waals surface area (Å²) < 4.78 is 16.6. The van der Waals surface area contributed by atoms with Crippen molar-refractivity contribution >= 4 is 17.5 Å². The average Bonchev–Trinajstić information content (AvgIpc) is 3.00. The SMILES string of the molecule is CC[C@H]1Oc2ccc(NC(=O)c3ccccc3OC)cc2CN(Cc2ccc(OC)cc2)C1=O. The predicted octanol–water partition coefficient (Wildman–Crippen LogP) is 4.66. The Morgan fingerprint density at radius 3 is 2.53 bits per heavy atom. The van der Waals surface area contributed by atoms with Gasteiger partial charge in [-0.3, -0.25) is 9.59 Å². The van der Waals surface area contributed by atoms with Gasteiger partial charge in [-0.15, -0.1) is 0 Å². The summed E-state index contributed by atoms with van der Waals surface area (Å²) in [6.45, 7) is 2.75. The third-order valence-corrected chi connectivity index (χ3v) is 5.79. The van der Waals surface area contributed by atoms with Crippen LogP contribution in [-0.2, 0) is 17.9 Å². The van der Waals surface area contributed by atoms with Gasteiger partial charge in [0.1, 0.15) is 17.2 Å². The lowest BCUT2D eigenvalue weighted by atomic mass is 10.1. The number of benzene rings is 3. The summed E-state index contributed by atoms with van der Waals surface area (Å²) in [4.78, 5) is 27.8. The molecule has 7 nitrogen and oxygen atoms in total. The molecule has 0 aromatic heterocycles. The minimum Gasteiger partial charge on any atom is -0.497 e. The Bertz CT molecular complexity index is 1180. The minimum atomic E-state index is -0.562. The molecule has 0 unspecified atom stereocenters. The van der Waals surface area contributed by atoms with Crippen molar-refractivity contribution in [2.45, 2.75) is 32.5 Å². The van der Waals surface area contributed by atoms with Gasteiger partial charge in [0, 0.05) is 24.3 Å². The van der Waals surface area contributed by atoms with Gasteiger partial charge in [-0.25, -0.2) is 0 Å².